The molecule has 0 saturated heterocycles. The first kappa shape index (κ1) is 17.0. The Morgan fingerprint density at radius 1 is 1.48 bits per heavy atom. The Kier molecular flexibility index (Phi) is 4.04. The maximum absolute atomic E-state index is 12.1. The van der Waals surface area contributed by atoms with Crippen LogP contribution >= 0.6 is 11.8 Å². The van der Waals surface area contributed by atoms with Gasteiger partial charge in [-0.3, -0.25) is 20.3 Å². The van der Waals surface area contributed by atoms with Crippen molar-refractivity contribution < 1.29 is 22.6 Å². The number of hydrazone groups is 1. The van der Waals surface area contributed by atoms with Gasteiger partial charge in [0.2, 0.25) is 19.4 Å². The fourth-order valence-corrected chi connectivity index (χ4v) is 4.05. The second-order valence-electron chi connectivity index (χ2n) is 4.72. The Morgan fingerprint density at radius 2 is 2.20 bits per heavy atom. The minimum absolute atomic E-state index is 0.0179. The number of carbonyl (C=O) groups excluding carboxylic acids is 1. The SMILES string of the molecule is CCS(=O)(=O)C1=NN2C(=N)/C(=C/c3ccc([N+](=O)[O-])o3)C(=O)N=C2S1. The first-order valence-electron chi connectivity index (χ1n) is 6.70. The average Bonchev–Trinajstić information content (AvgIpc) is 3.18. The summed E-state index contributed by atoms with van der Waals surface area (Å²) in [4.78, 5) is 25.7. The molecule has 0 fully saturated rings. The molecule has 2 aliphatic heterocycles. The molecule has 0 unspecified atom stereocenters. The number of hydrogen-bond donors (Lipinski definition) is 1. The van der Waals surface area contributed by atoms with E-state index >= 15 is 0 Å². The number of fused-ring (bicyclic) bond motifs is 1. The summed E-state index contributed by atoms with van der Waals surface area (Å²) in [6.45, 7) is 1.45. The highest BCUT2D eigenvalue weighted by Crippen LogP contribution is 2.30. The van der Waals surface area contributed by atoms with E-state index in [0.29, 0.717) is 11.8 Å². The summed E-state index contributed by atoms with van der Waals surface area (Å²) in [6.07, 6.45) is 1.12. The molecule has 130 valence electrons. The van der Waals surface area contributed by atoms with Crippen molar-refractivity contribution in [2.45, 2.75) is 6.92 Å². The number of hydrogen-bond acceptors (Lipinski definition) is 9. The zero-order valence-electron chi connectivity index (χ0n) is 12.5. The van der Waals surface area contributed by atoms with Gasteiger partial charge in [0, 0.05) is 0 Å². The summed E-state index contributed by atoms with van der Waals surface area (Å²) in [5.74, 6) is -1.91. The van der Waals surface area contributed by atoms with Gasteiger partial charge in [-0.25, -0.2) is 8.42 Å². The van der Waals surface area contributed by atoms with E-state index in [9.17, 15) is 23.3 Å². The highest BCUT2D eigenvalue weighted by Gasteiger charge is 2.39. The van der Waals surface area contributed by atoms with Gasteiger partial charge >= 0.3 is 5.88 Å². The first-order valence-corrected chi connectivity index (χ1v) is 9.17. The molecular weight excluding hydrogens is 374 g/mol. The Balaban J connectivity index is 1.97. The summed E-state index contributed by atoms with van der Waals surface area (Å²) in [5, 5.41) is 23.4. The van der Waals surface area contributed by atoms with Crippen molar-refractivity contribution in [2.75, 3.05) is 5.75 Å². The van der Waals surface area contributed by atoms with Crippen molar-refractivity contribution in [2.24, 2.45) is 10.1 Å². The number of amidine groups is 2. The number of aliphatic imine (C=N–C) groups is 1. The Bertz CT molecular complexity index is 1000. The van der Waals surface area contributed by atoms with Gasteiger partial charge in [-0.2, -0.15) is 10.0 Å². The van der Waals surface area contributed by atoms with E-state index in [1.165, 1.54) is 13.0 Å². The van der Waals surface area contributed by atoms with E-state index in [1.807, 2.05) is 0 Å². The number of furan rings is 1. The van der Waals surface area contributed by atoms with Gasteiger partial charge in [0.1, 0.15) is 10.7 Å². The predicted molar refractivity (Wildman–Crippen MR) is 89.8 cm³/mol. The minimum atomic E-state index is -3.61. The molecule has 2 aliphatic rings. The number of carbonyl (C=O) groups is 1. The third-order valence-corrected chi connectivity index (χ3v) is 6.25. The molecule has 3 rings (SSSR count). The van der Waals surface area contributed by atoms with Gasteiger partial charge in [0.15, 0.2) is 5.84 Å². The van der Waals surface area contributed by atoms with E-state index in [4.69, 9.17) is 9.83 Å². The second-order valence-corrected chi connectivity index (χ2v) is 8.13. The lowest BCUT2D eigenvalue weighted by atomic mass is 10.1. The van der Waals surface area contributed by atoms with Crippen molar-refractivity contribution in [1.82, 2.24) is 5.01 Å². The van der Waals surface area contributed by atoms with Crippen LogP contribution in [0.5, 0.6) is 0 Å². The molecule has 0 bridgehead atoms. The van der Waals surface area contributed by atoms with Gasteiger partial charge in [0.05, 0.1) is 17.4 Å². The van der Waals surface area contributed by atoms with E-state index in [2.05, 4.69) is 10.1 Å². The zero-order valence-corrected chi connectivity index (χ0v) is 14.1. The average molecular weight is 383 g/mol. The highest BCUT2D eigenvalue weighted by molar-refractivity contribution is 8.42. The van der Waals surface area contributed by atoms with Crippen molar-refractivity contribution in [3.05, 3.63) is 33.6 Å². The molecule has 0 aromatic carbocycles. The third kappa shape index (κ3) is 2.98. The number of rotatable bonds is 3. The van der Waals surface area contributed by atoms with Gasteiger partial charge in [-0.1, -0.05) is 6.92 Å². The minimum Gasteiger partial charge on any atom is -0.401 e. The summed E-state index contributed by atoms with van der Waals surface area (Å²) < 4.78 is 28.5. The molecule has 0 atom stereocenters. The number of nitrogens with zero attached hydrogens (tertiary/aromatic N) is 4. The largest absolute Gasteiger partial charge is 0.433 e. The lowest BCUT2D eigenvalue weighted by Crippen LogP contribution is -2.35. The summed E-state index contributed by atoms with van der Waals surface area (Å²) in [5.41, 5.74) is -0.229. The molecule has 0 radical (unpaired) electrons. The maximum Gasteiger partial charge on any atom is 0.433 e. The van der Waals surface area contributed by atoms with Crippen molar-refractivity contribution in [3.8, 4) is 0 Å². The van der Waals surface area contributed by atoms with Crippen LogP contribution in [-0.4, -0.2) is 45.4 Å². The Labute approximate surface area is 144 Å². The van der Waals surface area contributed by atoms with Gasteiger partial charge < -0.3 is 4.42 Å². The van der Waals surface area contributed by atoms with E-state index in [1.54, 1.807) is 0 Å². The van der Waals surface area contributed by atoms with Crippen molar-refractivity contribution >= 4 is 54.8 Å². The van der Waals surface area contributed by atoms with Crippen LogP contribution < -0.4 is 0 Å². The monoisotopic (exact) mass is 383 g/mol. The molecule has 0 spiro atoms. The molecule has 1 amide bonds. The van der Waals surface area contributed by atoms with Crippen LogP contribution in [0.1, 0.15) is 12.7 Å². The highest BCUT2D eigenvalue weighted by atomic mass is 32.3. The molecular formula is C12H9N5O6S2. The van der Waals surface area contributed by atoms with E-state index < -0.39 is 32.4 Å². The van der Waals surface area contributed by atoms with Gasteiger partial charge in [0.25, 0.3) is 5.91 Å². The fourth-order valence-electron chi connectivity index (χ4n) is 1.88. The molecule has 25 heavy (non-hydrogen) atoms. The zero-order chi connectivity index (χ0) is 18.4. The molecule has 3 heterocycles. The lowest BCUT2D eigenvalue weighted by Gasteiger charge is -2.19. The van der Waals surface area contributed by atoms with Crippen molar-refractivity contribution in [1.29, 1.82) is 5.41 Å². The first-order chi connectivity index (χ1) is 11.7. The number of nitrogens with one attached hydrogen (secondary N) is 1. The smallest absolute Gasteiger partial charge is 0.401 e. The van der Waals surface area contributed by atoms with Crippen LogP contribution in [0.2, 0.25) is 0 Å². The lowest BCUT2D eigenvalue weighted by molar-refractivity contribution is -0.402. The number of amides is 1. The van der Waals surface area contributed by atoms with Crippen LogP contribution in [0, 0.1) is 15.5 Å². The second kappa shape index (κ2) is 5.93. The normalized spacial score (nSPS) is 19.1. The molecule has 1 aromatic rings. The number of sulfone groups is 1. The van der Waals surface area contributed by atoms with Crippen LogP contribution in [0.25, 0.3) is 6.08 Å². The van der Waals surface area contributed by atoms with Crippen LogP contribution in [-0.2, 0) is 14.6 Å². The van der Waals surface area contributed by atoms with E-state index in [0.717, 1.165) is 17.2 Å². The quantitative estimate of drug-likeness (QED) is 0.463. The molecule has 0 saturated carbocycles. The maximum atomic E-state index is 12.1. The van der Waals surface area contributed by atoms with Crippen LogP contribution in [0.4, 0.5) is 5.88 Å². The standard InChI is InChI=1S/C12H9N5O6S2/c1-2-25(21,22)12-15-16-9(13)7(10(18)14-11(16)24-12)5-6-3-4-8(23-6)17(19)20/h3-5,13H,2H2,1H3/b7-5-,13-9?. The molecule has 1 aromatic heterocycles. The fraction of sp³-hybridized carbons (Fsp3) is 0.167. The molecule has 0 aliphatic carbocycles. The predicted octanol–water partition coefficient (Wildman–Crippen LogP) is 1.20. The summed E-state index contributed by atoms with van der Waals surface area (Å²) >= 11 is 0.686. The van der Waals surface area contributed by atoms with Crippen molar-refractivity contribution in [3.63, 3.8) is 0 Å². The summed E-state index contributed by atoms with van der Waals surface area (Å²) in [7, 11) is -3.61. The topological polar surface area (TPSA) is 159 Å². The molecule has 13 heteroatoms. The van der Waals surface area contributed by atoms with Crippen LogP contribution in [0.3, 0.4) is 0 Å². The number of thioether (sulfide) groups is 1. The van der Waals surface area contributed by atoms with Gasteiger partial charge in [-0.15, -0.1) is 5.10 Å². The number of nitro groups is 1. The van der Waals surface area contributed by atoms with E-state index in [-0.39, 0.29) is 26.6 Å². The Morgan fingerprint density at radius 3 is 2.80 bits per heavy atom. The Hall–Kier alpha value is -2.80. The molecule has 1 N–H and O–H groups in total. The summed E-state index contributed by atoms with van der Waals surface area (Å²) in [6, 6.07) is 2.37. The van der Waals surface area contributed by atoms with Crippen LogP contribution in [0.15, 0.2) is 32.2 Å². The van der Waals surface area contributed by atoms with Gasteiger partial charge in [-0.05, 0) is 23.9 Å². The third-order valence-electron chi connectivity index (χ3n) is 3.16. The molecule has 11 nitrogen and oxygen atoms in total.